The number of hydrogen-bond acceptors (Lipinski definition) is 3. The molecule has 4 fully saturated rings. The van der Waals surface area contributed by atoms with Crippen molar-refractivity contribution in [1.29, 1.82) is 0 Å². The highest BCUT2D eigenvalue weighted by Crippen LogP contribution is 2.67. The van der Waals surface area contributed by atoms with Gasteiger partial charge in [-0.05, 0) is 111 Å². The smallest absolute Gasteiger partial charge is 0.0579 e. The number of fused-ring (bicyclic) bond motifs is 5. The molecule has 5 unspecified atom stereocenters. The Balaban J connectivity index is 1.40. The third-order valence-corrected chi connectivity index (χ3v) is 11.5. The maximum absolute atomic E-state index is 11.5. The molecule has 3 heteroatoms. The van der Waals surface area contributed by atoms with Crippen LogP contribution in [-0.4, -0.2) is 47.0 Å². The molecule has 31 heavy (non-hydrogen) atoms. The number of aliphatic hydroxyl groups is 2. The van der Waals surface area contributed by atoms with Crippen molar-refractivity contribution in [3.05, 3.63) is 11.6 Å². The van der Waals surface area contributed by atoms with Crippen molar-refractivity contribution in [2.45, 2.75) is 104 Å². The van der Waals surface area contributed by atoms with E-state index >= 15 is 0 Å². The van der Waals surface area contributed by atoms with E-state index in [1.54, 1.807) is 5.57 Å². The first kappa shape index (κ1) is 22.4. The Kier molecular flexibility index (Phi) is 5.67. The Morgan fingerprint density at radius 2 is 1.84 bits per heavy atom. The molecule has 0 aromatic carbocycles. The Bertz CT molecular complexity index is 720. The molecule has 4 aliphatic carbocycles. The zero-order chi connectivity index (χ0) is 22.1. The van der Waals surface area contributed by atoms with Gasteiger partial charge in [0.2, 0.25) is 0 Å². The van der Waals surface area contributed by atoms with Crippen LogP contribution >= 0.6 is 0 Å². The molecule has 3 nitrogen and oxygen atoms in total. The molecule has 5 rings (SSSR count). The van der Waals surface area contributed by atoms with Crippen molar-refractivity contribution in [1.82, 2.24) is 4.90 Å². The fraction of sp³-hybridized carbons (Fsp3) is 0.929. The minimum Gasteiger partial charge on any atom is -0.393 e. The minimum absolute atomic E-state index is 0.126. The molecule has 0 bridgehead atoms. The molecular formula is C28H47NO2. The van der Waals surface area contributed by atoms with Crippen LogP contribution in [0.25, 0.3) is 0 Å². The second kappa shape index (κ2) is 7.84. The van der Waals surface area contributed by atoms with Crippen LogP contribution in [0.15, 0.2) is 11.6 Å². The summed E-state index contributed by atoms with van der Waals surface area (Å²) >= 11 is 0. The van der Waals surface area contributed by atoms with Crippen LogP contribution in [0.2, 0.25) is 0 Å². The third kappa shape index (κ3) is 3.39. The molecule has 1 aliphatic heterocycles. The van der Waals surface area contributed by atoms with Gasteiger partial charge in [-0.15, -0.1) is 0 Å². The minimum atomic E-state index is -0.136. The molecule has 0 spiro atoms. The normalized spacial score (nSPS) is 53.8. The van der Waals surface area contributed by atoms with Gasteiger partial charge in [-0.25, -0.2) is 0 Å². The fourth-order valence-corrected chi connectivity index (χ4v) is 9.94. The third-order valence-electron chi connectivity index (χ3n) is 11.5. The Hall–Kier alpha value is -0.380. The number of piperidine rings is 1. The van der Waals surface area contributed by atoms with E-state index in [0.29, 0.717) is 23.8 Å². The molecule has 5 aliphatic rings. The molecule has 0 amide bonds. The SMILES string of the molecule is CC(C1[C@H](O)CC2C3CC=C4C[C@H](O)CC[C@@]4(C)C3CC[C@]21C)[C@H]1CC[C@@H](C)CN1C. The topological polar surface area (TPSA) is 43.7 Å². The zero-order valence-corrected chi connectivity index (χ0v) is 20.7. The van der Waals surface area contributed by atoms with Crippen molar-refractivity contribution < 1.29 is 10.2 Å². The predicted octanol–water partition coefficient (Wildman–Crippen LogP) is 5.26. The van der Waals surface area contributed by atoms with Crippen molar-refractivity contribution in [3.8, 4) is 0 Å². The van der Waals surface area contributed by atoms with E-state index in [2.05, 4.69) is 45.7 Å². The molecule has 11 atom stereocenters. The van der Waals surface area contributed by atoms with Gasteiger partial charge in [0.25, 0.3) is 0 Å². The van der Waals surface area contributed by atoms with Gasteiger partial charge < -0.3 is 15.1 Å². The molecule has 3 saturated carbocycles. The van der Waals surface area contributed by atoms with E-state index in [0.717, 1.165) is 43.4 Å². The quantitative estimate of drug-likeness (QED) is 0.588. The molecular weight excluding hydrogens is 382 g/mol. The molecule has 2 N–H and O–H groups in total. The number of hydrogen-bond donors (Lipinski definition) is 2. The van der Waals surface area contributed by atoms with Crippen molar-refractivity contribution in [2.75, 3.05) is 13.6 Å². The van der Waals surface area contributed by atoms with E-state index < -0.39 is 0 Å². The molecule has 176 valence electrons. The number of aliphatic hydroxyl groups excluding tert-OH is 2. The van der Waals surface area contributed by atoms with Crippen LogP contribution in [0, 0.1) is 46.3 Å². The van der Waals surface area contributed by atoms with E-state index in [-0.39, 0.29) is 23.0 Å². The van der Waals surface area contributed by atoms with Crippen LogP contribution in [-0.2, 0) is 0 Å². The van der Waals surface area contributed by atoms with Crippen molar-refractivity contribution >= 4 is 0 Å². The summed E-state index contributed by atoms with van der Waals surface area (Å²) < 4.78 is 0. The monoisotopic (exact) mass is 429 g/mol. The molecule has 1 heterocycles. The van der Waals surface area contributed by atoms with Gasteiger partial charge in [-0.1, -0.05) is 39.3 Å². The predicted molar refractivity (Wildman–Crippen MR) is 127 cm³/mol. The average molecular weight is 430 g/mol. The van der Waals surface area contributed by atoms with Crippen LogP contribution < -0.4 is 0 Å². The Morgan fingerprint density at radius 3 is 2.58 bits per heavy atom. The van der Waals surface area contributed by atoms with Gasteiger partial charge in [0, 0.05) is 12.6 Å². The highest BCUT2D eigenvalue weighted by Gasteiger charge is 2.62. The van der Waals surface area contributed by atoms with Crippen LogP contribution in [0.3, 0.4) is 0 Å². The first-order chi connectivity index (χ1) is 14.6. The van der Waals surface area contributed by atoms with E-state index in [9.17, 15) is 10.2 Å². The van der Waals surface area contributed by atoms with E-state index in [4.69, 9.17) is 0 Å². The standard InChI is InChI=1S/C28H47NO2/c1-17-6-9-24(29(5)16-17)18(2)26-25(31)15-23-21-8-7-19-14-20(30)10-12-27(19,3)22(21)11-13-28(23,26)4/h7,17-18,20-26,30-31H,6,8-16H2,1-5H3/t17-,18?,20-,21?,22?,23?,24-,25-,26?,27-,28-/m1/s1. The number of likely N-dealkylation sites (tertiary alicyclic amines) is 1. The molecule has 0 aromatic rings. The largest absolute Gasteiger partial charge is 0.393 e. The number of allylic oxidation sites excluding steroid dienone is 1. The first-order valence-electron chi connectivity index (χ1n) is 13.4. The lowest BCUT2D eigenvalue weighted by molar-refractivity contribution is -0.0725. The van der Waals surface area contributed by atoms with Crippen LogP contribution in [0.1, 0.15) is 85.5 Å². The summed E-state index contributed by atoms with van der Waals surface area (Å²) in [5, 5.41) is 21.7. The van der Waals surface area contributed by atoms with Gasteiger partial charge in [0.15, 0.2) is 0 Å². The van der Waals surface area contributed by atoms with E-state index in [1.165, 1.54) is 38.6 Å². The fourth-order valence-electron chi connectivity index (χ4n) is 9.94. The lowest BCUT2D eigenvalue weighted by Gasteiger charge is -2.58. The lowest BCUT2D eigenvalue weighted by atomic mass is 9.47. The van der Waals surface area contributed by atoms with Crippen LogP contribution in [0.4, 0.5) is 0 Å². The average Bonchev–Trinajstić information content (AvgIpc) is 2.98. The van der Waals surface area contributed by atoms with Gasteiger partial charge in [-0.3, -0.25) is 0 Å². The molecule has 1 saturated heterocycles. The van der Waals surface area contributed by atoms with Gasteiger partial charge in [0.05, 0.1) is 12.2 Å². The molecule has 0 radical (unpaired) electrons. The van der Waals surface area contributed by atoms with Gasteiger partial charge >= 0.3 is 0 Å². The van der Waals surface area contributed by atoms with Crippen molar-refractivity contribution in [2.24, 2.45) is 46.3 Å². The summed E-state index contributed by atoms with van der Waals surface area (Å²) in [4.78, 5) is 2.61. The Labute approximate surface area is 190 Å². The highest BCUT2D eigenvalue weighted by atomic mass is 16.3. The number of nitrogens with zero attached hydrogens (tertiary/aromatic N) is 1. The van der Waals surface area contributed by atoms with Gasteiger partial charge in [-0.2, -0.15) is 0 Å². The van der Waals surface area contributed by atoms with Crippen LogP contribution in [0.5, 0.6) is 0 Å². The zero-order valence-electron chi connectivity index (χ0n) is 20.7. The summed E-state index contributed by atoms with van der Waals surface area (Å²) in [6.07, 6.45) is 12.7. The number of rotatable bonds is 2. The maximum Gasteiger partial charge on any atom is 0.0579 e. The second-order valence-electron chi connectivity index (χ2n) is 13.1. The highest BCUT2D eigenvalue weighted by molar-refractivity contribution is 5.25. The first-order valence-corrected chi connectivity index (χ1v) is 13.4. The molecule has 0 aromatic heterocycles. The lowest BCUT2D eigenvalue weighted by Crippen LogP contribution is -2.53. The maximum atomic E-state index is 11.5. The van der Waals surface area contributed by atoms with Crippen molar-refractivity contribution in [3.63, 3.8) is 0 Å². The summed E-state index contributed by atoms with van der Waals surface area (Å²) in [5.41, 5.74) is 2.12. The summed E-state index contributed by atoms with van der Waals surface area (Å²) in [6.45, 7) is 11.1. The van der Waals surface area contributed by atoms with E-state index in [1.807, 2.05) is 0 Å². The Morgan fingerprint density at radius 1 is 1.06 bits per heavy atom. The second-order valence-corrected chi connectivity index (χ2v) is 13.1. The van der Waals surface area contributed by atoms with Gasteiger partial charge in [0.1, 0.15) is 0 Å². The summed E-state index contributed by atoms with van der Waals surface area (Å²) in [5.74, 6) is 3.93. The summed E-state index contributed by atoms with van der Waals surface area (Å²) in [7, 11) is 2.32. The summed E-state index contributed by atoms with van der Waals surface area (Å²) in [6, 6.07) is 0.624.